The molecule has 3 aromatic carbocycles. The molecule has 4 aromatic rings. The number of halogens is 1. The van der Waals surface area contributed by atoms with Crippen LogP contribution in [0.25, 0.3) is 10.9 Å². The number of likely N-dealkylation sites (tertiary alicyclic amines) is 1. The van der Waals surface area contributed by atoms with Crippen LogP contribution in [-0.2, 0) is 21.2 Å². The molecule has 1 saturated heterocycles. The zero-order valence-electron chi connectivity index (χ0n) is 24.5. The van der Waals surface area contributed by atoms with Crippen molar-refractivity contribution < 1.29 is 41.5 Å². The van der Waals surface area contributed by atoms with Crippen molar-refractivity contribution in [1.82, 2.24) is 9.88 Å². The Kier molecular flexibility index (Phi) is 8.45. The molecule has 0 saturated carbocycles. The van der Waals surface area contributed by atoms with Crippen molar-refractivity contribution in [3.8, 4) is 23.0 Å². The second-order valence-electron chi connectivity index (χ2n) is 10.9. The second-order valence-corrected chi connectivity index (χ2v) is 13.0. The van der Waals surface area contributed by atoms with Crippen LogP contribution in [0.1, 0.15) is 12.0 Å². The van der Waals surface area contributed by atoms with Crippen molar-refractivity contribution in [3.05, 3.63) is 106 Å². The van der Waals surface area contributed by atoms with Gasteiger partial charge in [-0.15, -0.1) is 0 Å². The number of fused-ring (bicyclic) bond motifs is 2. The highest BCUT2D eigenvalue weighted by atomic mass is 32.2. The summed E-state index contributed by atoms with van der Waals surface area (Å²) in [6.07, 6.45) is 3.01. The molecule has 14 heteroatoms. The van der Waals surface area contributed by atoms with Crippen LogP contribution in [0.4, 0.5) is 14.9 Å². The van der Waals surface area contributed by atoms with Gasteiger partial charge in [0.1, 0.15) is 12.4 Å². The summed E-state index contributed by atoms with van der Waals surface area (Å²) in [4.78, 5) is 28.7. The van der Waals surface area contributed by atoms with Crippen molar-refractivity contribution in [2.45, 2.75) is 18.3 Å². The number of pyridine rings is 1. The number of nitro groups is 1. The first kappa shape index (κ1) is 30.8. The van der Waals surface area contributed by atoms with Gasteiger partial charge in [0.2, 0.25) is 0 Å². The number of carbonyl (C=O) groups excluding carboxylic acids is 1. The van der Waals surface area contributed by atoms with Crippen LogP contribution in [0.2, 0.25) is 0 Å². The molecular weight excluding hydrogens is 621 g/mol. The monoisotopic (exact) mass is 649 g/mol. The number of sulfone groups is 1. The molecule has 0 radical (unpaired) electrons. The van der Waals surface area contributed by atoms with Crippen molar-refractivity contribution in [2.75, 3.05) is 26.1 Å². The smallest absolute Gasteiger partial charge is 0.410 e. The van der Waals surface area contributed by atoms with Gasteiger partial charge in [-0.25, -0.2) is 17.6 Å². The number of hydrogen-bond acceptors (Lipinski definition) is 10. The van der Waals surface area contributed by atoms with Gasteiger partial charge in [-0.1, -0.05) is 36.4 Å². The van der Waals surface area contributed by atoms with Gasteiger partial charge in [0.25, 0.3) is 5.69 Å². The highest BCUT2D eigenvalue weighted by molar-refractivity contribution is 7.92. The van der Waals surface area contributed by atoms with Crippen LogP contribution in [0.5, 0.6) is 23.0 Å². The van der Waals surface area contributed by atoms with E-state index in [-0.39, 0.29) is 35.5 Å². The predicted octanol–water partition coefficient (Wildman–Crippen LogP) is 5.80. The fourth-order valence-corrected chi connectivity index (χ4v) is 6.90. The molecule has 1 fully saturated rings. The predicted molar refractivity (Wildman–Crippen MR) is 164 cm³/mol. The standard InChI is InChI=1S/C32H28FN3O9S/c1-42-30-14-25-27(34-10-9-28(25)45-29-8-7-23(36(38)39)13-26(29)33)15-31(30)44-19-46(40,41)24-11-21-16-35(17-22(21)12-24)32(37)43-18-20-5-3-2-4-6-20/h2-11,13-15,22,24H,12,16-19H2,1H3. The summed E-state index contributed by atoms with van der Waals surface area (Å²) in [7, 11) is -2.37. The molecular formula is C32H28FN3O9S. The Morgan fingerprint density at radius 1 is 1.07 bits per heavy atom. The fourth-order valence-electron chi connectivity index (χ4n) is 5.53. The molecule has 2 unspecified atom stereocenters. The quantitative estimate of drug-likeness (QED) is 0.117. The zero-order valence-corrected chi connectivity index (χ0v) is 25.3. The molecule has 1 amide bonds. The maximum absolute atomic E-state index is 14.5. The number of rotatable bonds is 10. The molecule has 238 valence electrons. The lowest BCUT2D eigenvalue weighted by Crippen LogP contribution is -2.31. The summed E-state index contributed by atoms with van der Waals surface area (Å²) < 4.78 is 63.4. The first-order valence-electron chi connectivity index (χ1n) is 14.2. The minimum atomic E-state index is -3.75. The topological polar surface area (TPSA) is 147 Å². The molecule has 0 N–H and O–H groups in total. The minimum Gasteiger partial charge on any atom is -0.493 e. The number of amides is 1. The number of methoxy groups -OCH3 is 1. The minimum absolute atomic E-state index is 0.0811. The van der Waals surface area contributed by atoms with Crippen LogP contribution < -0.4 is 14.2 Å². The summed E-state index contributed by atoms with van der Waals surface area (Å²) >= 11 is 0. The van der Waals surface area contributed by atoms with E-state index in [2.05, 4.69) is 4.98 Å². The molecule has 1 aliphatic carbocycles. The van der Waals surface area contributed by atoms with Crippen LogP contribution in [0.15, 0.2) is 84.6 Å². The average molecular weight is 650 g/mol. The molecule has 0 bridgehead atoms. The number of nitro benzene ring substituents is 1. The van der Waals surface area contributed by atoms with Crippen molar-refractivity contribution in [3.63, 3.8) is 0 Å². The van der Waals surface area contributed by atoms with Crippen LogP contribution in [0.3, 0.4) is 0 Å². The summed E-state index contributed by atoms with van der Waals surface area (Å²) in [6, 6.07) is 16.9. The third kappa shape index (κ3) is 6.42. The number of aromatic nitrogens is 1. The van der Waals surface area contributed by atoms with Gasteiger partial charge in [-0.3, -0.25) is 15.1 Å². The zero-order chi connectivity index (χ0) is 32.4. The number of non-ortho nitro benzene ring substituents is 1. The summed E-state index contributed by atoms with van der Waals surface area (Å²) in [5.74, 6) is -1.34. The van der Waals surface area contributed by atoms with Crippen LogP contribution >= 0.6 is 0 Å². The molecule has 2 heterocycles. The Morgan fingerprint density at radius 2 is 1.87 bits per heavy atom. The number of ether oxygens (including phenoxy) is 4. The normalized spacial score (nSPS) is 17.3. The molecule has 6 rings (SSSR count). The highest BCUT2D eigenvalue weighted by Gasteiger charge is 2.41. The Bertz CT molecular complexity index is 1950. The van der Waals surface area contributed by atoms with E-state index in [0.29, 0.717) is 30.4 Å². The van der Waals surface area contributed by atoms with Gasteiger partial charge < -0.3 is 23.8 Å². The van der Waals surface area contributed by atoms with Gasteiger partial charge in [-0.05, 0) is 35.8 Å². The van der Waals surface area contributed by atoms with Gasteiger partial charge in [0.15, 0.2) is 38.8 Å². The highest BCUT2D eigenvalue weighted by Crippen LogP contribution is 2.40. The number of nitrogens with zero attached hydrogens (tertiary/aromatic N) is 3. The van der Waals surface area contributed by atoms with Gasteiger partial charge >= 0.3 is 6.09 Å². The summed E-state index contributed by atoms with van der Waals surface area (Å²) in [6.45, 7) is 0.850. The van der Waals surface area contributed by atoms with Crippen molar-refractivity contribution in [1.29, 1.82) is 0 Å². The van der Waals surface area contributed by atoms with E-state index in [1.807, 2.05) is 30.3 Å². The molecule has 46 heavy (non-hydrogen) atoms. The Morgan fingerprint density at radius 3 is 2.59 bits per heavy atom. The van der Waals surface area contributed by atoms with E-state index in [9.17, 15) is 27.7 Å². The molecule has 0 spiro atoms. The lowest BCUT2D eigenvalue weighted by atomic mass is 10.1. The second kappa shape index (κ2) is 12.6. The fraction of sp³-hybridized carbons (Fsp3) is 0.250. The van der Waals surface area contributed by atoms with E-state index >= 15 is 0 Å². The molecule has 12 nitrogen and oxygen atoms in total. The van der Waals surface area contributed by atoms with Crippen molar-refractivity contribution in [2.24, 2.45) is 5.92 Å². The van der Waals surface area contributed by atoms with Crippen LogP contribution in [-0.4, -0.2) is 60.7 Å². The number of benzene rings is 3. The van der Waals surface area contributed by atoms with E-state index in [1.165, 1.54) is 31.5 Å². The van der Waals surface area contributed by atoms with Gasteiger partial charge in [0, 0.05) is 42.7 Å². The van der Waals surface area contributed by atoms with E-state index < -0.39 is 43.5 Å². The van der Waals surface area contributed by atoms with Gasteiger partial charge in [0.05, 0.1) is 28.9 Å². The van der Waals surface area contributed by atoms with E-state index in [0.717, 1.165) is 29.3 Å². The summed E-state index contributed by atoms with van der Waals surface area (Å²) in [5, 5.41) is 10.6. The maximum Gasteiger partial charge on any atom is 0.410 e. The third-order valence-corrected chi connectivity index (χ3v) is 9.59. The summed E-state index contributed by atoms with van der Waals surface area (Å²) in [5.41, 5.74) is 1.70. The first-order valence-corrected chi connectivity index (χ1v) is 15.9. The van der Waals surface area contributed by atoms with E-state index in [4.69, 9.17) is 18.9 Å². The molecule has 1 aromatic heterocycles. The Balaban J connectivity index is 1.11. The van der Waals surface area contributed by atoms with Gasteiger partial charge in [-0.2, -0.15) is 0 Å². The molecule has 2 atom stereocenters. The molecule has 1 aliphatic heterocycles. The Labute approximate surface area is 263 Å². The maximum atomic E-state index is 14.5. The van der Waals surface area contributed by atoms with Crippen LogP contribution in [0, 0.1) is 21.8 Å². The lowest BCUT2D eigenvalue weighted by Gasteiger charge is -2.18. The SMILES string of the molecule is COc1cc2c(Oc3ccc([N+](=O)[O-])cc3F)ccnc2cc1OCS(=O)(=O)C1C=C2CN(C(=O)OCc3ccccc3)CC2C1. The largest absolute Gasteiger partial charge is 0.493 e. The lowest BCUT2D eigenvalue weighted by molar-refractivity contribution is -0.385. The average Bonchev–Trinajstić information content (AvgIpc) is 3.65. The Hall–Kier alpha value is -5.24. The first-order chi connectivity index (χ1) is 22.1. The number of carbonyl (C=O) groups is 1. The van der Waals surface area contributed by atoms with Crippen molar-refractivity contribution >= 4 is 32.5 Å². The van der Waals surface area contributed by atoms with E-state index in [1.54, 1.807) is 11.0 Å². The molecule has 2 aliphatic rings. The third-order valence-electron chi connectivity index (χ3n) is 7.89. The number of hydrogen-bond donors (Lipinski definition) is 0.